The highest BCUT2D eigenvalue weighted by Gasteiger charge is 2.39. The van der Waals surface area contributed by atoms with Gasteiger partial charge in [0, 0.05) is 49.8 Å². The zero-order valence-electron chi connectivity index (χ0n) is 35.5. The van der Waals surface area contributed by atoms with E-state index < -0.39 is 35.3 Å². The summed E-state index contributed by atoms with van der Waals surface area (Å²) in [6, 6.07) is 2.30. The second-order valence-corrected chi connectivity index (χ2v) is 17.7. The second-order valence-electron chi connectivity index (χ2n) is 14.6. The van der Waals surface area contributed by atoms with Gasteiger partial charge in [-0.15, -0.1) is 0 Å². The van der Waals surface area contributed by atoms with Crippen LogP contribution in [0.15, 0.2) is 85.0 Å². The van der Waals surface area contributed by atoms with Gasteiger partial charge in [-0.2, -0.15) is 0 Å². The number of rotatable bonds is 30. The number of carbonyl (C=O) groups is 4. The van der Waals surface area contributed by atoms with Gasteiger partial charge >= 0.3 is 0 Å². The molecule has 3 amide bonds. The lowest BCUT2D eigenvalue weighted by Crippen LogP contribution is -2.48. The number of hydrogen-bond donors (Lipinski definition) is 6. The average Bonchev–Trinajstić information content (AvgIpc) is 3.17. The highest BCUT2D eigenvalue weighted by Crippen LogP contribution is 2.42. The number of hydrogen-bond acceptors (Lipinski definition) is 9. The van der Waals surface area contributed by atoms with E-state index in [1.54, 1.807) is 12.1 Å². The molecule has 0 heterocycles. The van der Waals surface area contributed by atoms with Crippen molar-refractivity contribution in [1.82, 2.24) is 16.0 Å². The van der Waals surface area contributed by atoms with Crippen LogP contribution in [0.1, 0.15) is 102 Å². The summed E-state index contributed by atoms with van der Waals surface area (Å²) < 4.78 is -0.778. The largest absolute Gasteiger partial charge is 0.508 e. The monoisotopic (exact) mass is 839 g/mol. The van der Waals surface area contributed by atoms with E-state index in [2.05, 4.69) is 89.7 Å². The first-order chi connectivity index (χ1) is 27.7. The van der Waals surface area contributed by atoms with Crippen LogP contribution in [-0.4, -0.2) is 81.2 Å². The highest BCUT2D eigenvalue weighted by atomic mass is 33.1. The number of phenolic OH excluding ortho intramolecular Hbond substituents is 1. The average molecular weight is 840 g/mol. The fourth-order valence-corrected chi connectivity index (χ4v) is 8.46. The number of aliphatic hydroxyl groups excluding tert-OH is 2. The van der Waals surface area contributed by atoms with Crippen LogP contribution >= 0.6 is 21.6 Å². The first-order valence-corrected chi connectivity index (χ1v) is 22.7. The van der Waals surface area contributed by atoms with Gasteiger partial charge in [-0.1, -0.05) is 101 Å². The molecule has 0 saturated carbocycles. The molecule has 0 unspecified atom stereocenters. The van der Waals surface area contributed by atoms with Crippen molar-refractivity contribution in [3.8, 4) is 5.75 Å². The number of benzene rings is 1. The van der Waals surface area contributed by atoms with Crippen molar-refractivity contribution in [3.05, 3.63) is 102 Å². The number of phenols is 1. The summed E-state index contributed by atoms with van der Waals surface area (Å²) in [6.45, 7) is 10.6. The van der Waals surface area contributed by atoms with Gasteiger partial charge in [-0.25, -0.2) is 0 Å². The molecule has 0 radical (unpaired) electrons. The third-order valence-corrected chi connectivity index (χ3v) is 12.4. The summed E-state index contributed by atoms with van der Waals surface area (Å²) in [5.74, 6) is -1.39. The van der Waals surface area contributed by atoms with Crippen LogP contribution in [0.2, 0.25) is 0 Å². The molecule has 10 nitrogen and oxygen atoms in total. The Bertz CT molecular complexity index is 1560. The zero-order valence-corrected chi connectivity index (χ0v) is 37.1. The van der Waals surface area contributed by atoms with Gasteiger partial charge in [0.25, 0.3) is 0 Å². The topological polar surface area (TPSA) is 165 Å². The van der Waals surface area contributed by atoms with E-state index in [4.69, 9.17) is 0 Å². The zero-order chi connectivity index (χ0) is 43.2. The Balaban J connectivity index is 2.57. The van der Waals surface area contributed by atoms with Crippen LogP contribution < -0.4 is 16.0 Å². The lowest BCUT2D eigenvalue weighted by molar-refractivity contribution is -0.132. The third-order valence-electron chi connectivity index (χ3n) is 9.05. The quantitative estimate of drug-likeness (QED) is 0.0257. The number of aryl methyl sites for hydroxylation is 2. The number of aliphatic hydroxyl groups is 2. The van der Waals surface area contributed by atoms with E-state index in [9.17, 15) is 34.5 Å². The number of nitrogens with one attached hydrogen (secondary N) is 3. The molecule has 6 N–H and O–H groups in total. The van der Waals surface area contributed by atoms with E-state index in [1.165, 1.54) is 28.5 Å². The normalized spacial score (nSPS) is 14.0. The molecule has 12 heteroatoms. The lowest BCUT2D eigenvalue weighted by atomic mass is 9.85. The van der Waals surface area contributed by atoms with E-state index in [1.807, 2.05) is 33.8 Å². The molecular formula is C46H69N3O7S2. The molecule has 0 spiro atoms. The smallest absolute Gasteiger partial charge is 0.225 e. The Hall–Kier alpha value is -3.84. The van der Waals surface area contributed by atoms with Gasteiger partial charge in [-0.05, 0) is 101 Å². The van der Waals surface area contributed by atoms with Gasteiger partial charge in [0.2, 0.25) is 17.7 Å². The van der Waals surface area contributed by atoms with E-state index in [0.29, 0.717) is 25.1 Å². The first kappa shape index (κ1) is 52.2. The second kappa shape index (κ2) is 31.1. The SMILES string of the molecule is CC/C=C\C/C=C\C/C=C\C/C=C\C/C=C\C/C=C\CCC(=O)NCCSSC(C)(C)[C@H](CC(=O)[C@H](Cc1c(C)cc(O)cc1C)NC(C)=O)C(=O)NC[C@@H](O)CO. The van der Waals surface area contributed by atoms with Gasteiger partial charge in [0.15, 0.2) is 5.78 Å². The summed E-state index contributed by atoms with van der Waals surface area (Å²) in [5, 5.41) is 37.5. The Morgan fingerprint density at radius 1 is 0.810 bits per heavy atom. The molecule has 58 heavy (non-hydrogen) atoms. The van der Waals surface area contributed by atoms with Crippen molar-refractivity contribution in [2.24, 2.45) is 5.92 Å². The molecule has 1 aromatic rings. The van der Waals surface area contributed by atoms with Crippen LogP contribution in [0, 0.1) is 19.8 Å². The summed E-state index contributed by atoms with van der Waals surface area (Å²) >= 11 is 0. The number of carbonyl (C=O) groups excluding carboxylic acids is 4. The molecule has 0 aliphatic carbocycles. The summed E-state index contributed by atoms with van der Waals surface area (Å²) in [6.07, 6.45) is 31.4. The van der Waals surface area contributed by atoms with Crippen molar-refractivity contribution in [1.29, 1.82) is 0 Å². The van der Waals surface area contributed by atoms with Crippen molar-refractivity contribution in [2.45, 2.75) is 123 Å². The van der Waals surface area contributed by atoms with Crippen molar-refractivity contribution in [2.75, 3.05) is 25.4 Å². The van der Waals surface area contributed by atoms with Gasteiger partial charge in [0.05, 0.1) is 24.7 Å². The molecule has 0 saturated heterocycles. The minimum Gasteiger partial charge on any atom is -0.508 e. The molecule has 0 aliphatic heterocycles. The molecule has 322 valence electrons. The van der Waals surface area contributed by atoms with Crippen molar-refractivity contribution in [3.63, 3.8) is 0 Å². The third kappa shape index (κ3) is 24.2. The van der Waals surface area contributed by atoms with Crippen LogP contribution in [-0.2, 0) is 25.6 Å². The van der Waals surface area contributed by atoms with Crippen LogP contribution in [0.5, 0.6) is 5.75 Å². The Labute approximate surface area is 355 Å². The molecule has 0 aromatic heterocycles. The minimum atomic E-state index is -1.15. The molecule has 0 bridgehead atoms. The van der Waals surface area contributed by atoms with Crippen molar-refractivity contribution < 1.29 is 34.5 Å². The van der Waals surface area contributed by atoms with E-state index >= 15 is 0 Å². The maximum Gasteiger partial charge on any atom is 0.225 e. The highest BCUT2D eigenvalue weighted by molar-refractivity contribution is 8.77. The predicted octanol–water partition coefficient (Wildman–Crippen LogP) is 7.86. The predicted molar refractivity (Wildman–Crippen MR) is 243 cm³/mol. The fraction of sp³-hybridized carbons (Fsp3) is 0.522. The fourth-order valence-electron chi connectivity index (χ4n) is 5.82. The van der Waals surface area contributed by atoms with Crippen LogP contribution in [0.4, 0.5) is 0 Å². The number of ketones is 1. The maximum atomic E-state index is 13.8. The van der Waals surface area contributed by atoms with Gasteiger partial charge in [0.1, 0.15) is 5.75 Å². The summed E-state index contributed by atoms with van der Waals surface area (Å²) in [5.41, 5.74) is 2.38. The number of aromatic hydroxyl groups is 1. The molecular weight excluding hydrogens is 771 g/mol. The number of amides is 3. The Morgan fingerprint density at radius 2 is 1.33 bits per heavy atom. The molecule has 1 aromatic carbocycles. The summed E-state index contributed by atoms with van der Waals surface area (Å²) in [4.78, 5) is 51.9. The number of allylic oxidation sites excluding steroid dienone is 12. The standard InChI is InChI=1S/C46H69N3O7S2/c1-7-8-9-10-11-12-13-14-15-16-17-18-19-20-21-22-23-24-25-26-44(55)47-27-28-57-58-46(5,6)41(45(56)48-33-39(53)34-50)32-43(54)42(49-37(4)51)31-40-35(2)29-38(52)30-36(40)3/h8-9,11-12,14-15,17-18,20-21,23-24,29-30,39,41-42,50,52-53H,7,10,13,16,19,22,25-28,31-34H2,1-6H3,(H,47,55)(H,48,56)(H,49,51)/b9-8-,12-11-,15-14-,18-17-,21-20-,24-23-/t39-,41-,42+/m1/s1. The molecule has 1 rings (SSSR count). The minimum absolute atomic E-state index is 0.0437. The number of Topliss-reactive ketones (excluding diaryl/α,β-unsaturated/α-hetero) is 1. The first-order valence-electron chi connectivity index (χ1n) is 20.3. The summed E-state index contributed by atoms with van der Waals surface area (Å²) in [7, 11) is 2.90. The van der Waals surface area contributed by atoms with E-state index in [0.717, 1.165) is 55.2 Å². The van der Waals surface area contributed by atoms with E-state index in [-0.39, 0.29) is 42.7 Å². The molecule has 3 atom stereocenters. The molecule has 0 fully saturated rings. The van der Waals surface area contributed by atoms with Gasteiger partial charge < -0.3 is 31.3 Å². The maximum absolute atomic E-state index is 13.8. The van der Waals surface area contributed by atoms with Crippen LogP contribution in [0.3, 0.4) is 0 Å². The van der Waals surface area contributed by atoms with Crippen LogP contribution in [0.25, 0.3) is 0 Å². The molecule has 0 aliphatic rings. The Morgan fingerprint density at radius 3 is 1.83 bits per heavy atom. The lowest BCUT2D eigenvalue weighted by Gasteiger charge is -2.33. The Kier molecular flexibility index (Phi) is 28.0. The van der Waals surface area contributed by atoms with Gasteiger partial charge in [-0.3, -0.25) is 19.2 Å². The van der Waals surface area contributed by atoms with Crippen molar-refractivity contribution >= 4 is 45.1 Å².